The summed E-state index contributed by atoms with van der Waals surface area (Å²) in [6, 6.07) is 11.5. The van der Waals surface area contributed by atoms with Gasteiger partial charge in [-0.3, -0.25) is 9.59 Å². The molecule has 4 nitrogen and oxygen atoms in total. The van der Waals surface area contributed by atoms with Gasteiger partial charge in [-0.15, -0.1) is 0 Å². The third-order valence-corrected chi connectivity index (χ3v) is 4.07. The summed E-state index contributed by atoms with van der Waals surface area (Å²) in [5, 5.41) is 2.45. The van der Waals surface area contributed by atoms with Crippen LogP contribution >= 0.6 is 50.7 Å². The van der Waals surface area contributed by atoms with Gasteiger partial charge >= 0.3 is 0 Å². The Labute approximate surface area is 162 Å². The lowest BCUT2D eigenvalue weighted by Crippen LogP contribution is -2.27. The molecule has 0 fully saturated rings. The van der Waals surface area contributed by atoms with Crippen molar-refractivity contribution in [1.29, 1.82) is 0 Å². The average Bonchev–Trinajstić information content (AvgIpc) is 2.55. The minimum Gasteiger partial charge on any atom is -0.497 e. The van der Waals surface area contributed by atoms with Crippen LogP contribution in [0.15, 0.2) is 46.9 Å². The maximum absolute atomic E-state index is 12.8. The fraction of sp³-hybridized carbons (Fsp3) is 0.125. The van der Waals surface area contributed by atoms with Crippen molar-refractivity contribution in [3.8, 4) is 5.75 Å². The molecule has 8 heteroatoms. The van der Waals surface area contributed by atoms with Crippen LogP contribution in [0.1, 0.15) is 15.9 Å². The first kappa shape index (κ1) is 19.1. The van der Waals surface area contributed by atoms with E-state index in [9.17, 15) is 9.59 Å². The molecular formula is C16H11BrCl3NO3. The first-order chi connectivity index (χ1) is 11.2. The maximum atomic E-state index is 12.8. The second-order valence-electron chi connectivity index (χ2n) is 4.70. The molecule has 1 N–H and O–H groups in total. The van der Waals surface area contributed by atoms with Gasteiger partial charge < -0.3 is 10.1 Å². The average molecular weight is 452 g/mol. The van der Waals surface area contributed by atoms with Crippen LogP contribution in [0.3, 0.4) is 0 Å². The fourth-order valence-corrected chi connectivity index (χ4v) is 2.43. The van der Waals surface area contributed by atoms with Crippen LogP contribution in [0.2, 0.25) is 0 Å². The number of halogens is 4. The number of hydrogen-bond donors (Lipinski definition) is 1. The molecule has 0 saturated carbocycles. The minimum atomic E-state index is -2.14. The van der Waals surface area contributed by atoms with Crippen LogP contribution in [0, 0.1) is 0 Å². The van der Waals surface area contributed by atoms with Gasteiger partial charge in [-0.2, -0.15) is 0 Å². The Morgan fingerprint density at radius 2 is 1.83 bits per heavy atom. The Morgan fingerprint density at radius 3 is 2.46 bits per heavy atom. The standard InChI is InChI=1S/C16H11BrCl3NO3/c1-24-11-4-2-3-9(7-11)14(22)12-8-10(17)5-6-13(12)21-15(23)16(18,19)20/h2-8H,1H3,(H,21,23). The van der Waals surface area contributed by atoms with E-state index in [1.54, 1.807) is 42.5 Å². The summed E-state index contributed by atoms with van der Waals surface area (Å²) < 4.78 is 3.65. The topological polar surface area (TPSA) is 55.4 Å². The Morgan fingerprint density at radius 1 is 1.12 bits per heavy atom. The van der Waals surface area contributed by atoms with Gasteiger partial charge in [0, 0.05) is 15.6 Å². The Bertz CT molecular complexity index is 790. The van der Waals surface area contributed by atoms with Crippen LogP contribution in [0.5, 0.6) is 5.75 Å². The zero-order chi connectivity index (χ0) is 17.9. The number of ether oxygens (including phenoxy) is 1. The van der Waals surface area contributed by atoms with E-state index in [0.717, 1.165) is 0 Å². The Kier molecular flexibility index (Phi) is 6.15. The molecule has 0 atom stereocenters. The molecule has 0 aromatic heterocycles. The molecule has 0 aliphatic rings. The summed E-state index contributed by atoms with van der Waals surface area (Å²) in [5.41, 5.74) is 0.888. The highest BCUT2D eigenvalue weighted by Gasteiger charge is 2.31. The molecule has 2 aromatic carbocycles. The molecule has 0 radical (unpaired) electrons. The van der Waals surface area contributed by atoms with Crippen molar-refractivity contribution in [3.63, 3.8) is 0 Å². The smallest absolute Gasteiger partial charge is 0.276 e. The largest absolute Gasteiger partial charge is 0.497 e. The highest BCUT2D eigenvalue weighted by molar-refractivity contribution is 9.10. The van der Waals surface area contributed by atoms with Gasteiger partial charge in [-0.1, -0.05) is 62.9 Å². The van der Waals surface area contributed by atoms with Gasteiger partial charge in [0.1, 0.15) is 5.75 Å². The van der Waals surface area contributed by atoms with E-state index in [-0.39, 0.29) is 17.0 Å². The number of anilines is 1. The quantitative estimate of drug-likeness (QED) is 0.526. The summed E-state index contributed by atoms with van der Waals surface area (Å²) in [4.78, 5) is 24.7. The summed E-state index contributed by atoms with van der Waals surface area (Å²) in [6.07, 6.45) is 0. The molecule has 0 saturated heterocycles. The van der Waals surface area contributed by atoms with Crippen molar-refractivity contribution in [1.82, 2.24) is 0 Å². The molecule has 0 aliphatic heterocycles. The third-order valence-electron chi connectivity index (χ3n) is 3.06. The number of benzene rings is 2. The van der Waals surface area contributed by atoms with Gasteiger partial charge in [0.2, 0.25) is 0 Å². The molecule has 0 spiro atoms. The van der Waals surface area contributed by atoms with E-state index in [1.165, 1.54) is 7.11 Å². The van der Waals surface area contributed by atoms with E-state index in [0.29, 0.717) is 15.8 Å². The van der Waals surface area contributed by atoms with Crippen molar-refractivity contribution in [3.05, 3.63) is 58.1 Å². The fourth-order valence-electron chi connectivity index (χ4n) is 1.93. The van der Waals surface area contributed by atoms with E-state index < -0.39 is 9.70 Å². The lowest BCUT2D eigenvalue weighted by molar-refractivity contribution is -0.115. The lowest BCUT2D eigenvalue weighted by Gasteiger charge is -2.15. The first-order valence-electron chi connectivity index (χ1n) is 6.59. The Balaban J connectivity index is 2.43. The minimum absolute atomic E-state index is 0.238. The van der Waals surface area contributed by atoms with Gasteiger partial charge in [-0.25, -0.2) is 0 Å². The molecule has 0 bridgehead atoms. The zero-order valence-corrected chi connectivity index (χ0v) is 16.1. The molecule has 0 aliphatic carbocycles. The molecule has 2 aromatic rings. The monoisotopic (exact) mass is 449 g/mol. The molecule has 2 rings (SSSR count). The maximum Gasteiger partial charge on any atom is 0.276 e. The van der Waals surface area contributed by atoms with Gasteiger partial charge in [-0.05, 0) is 30.3 Å². The summed E-state index contributed by atoms with van der Waals surface area (Å²) in [7, 11) is 1.51. The number of methoxy groups -OCH3 is 1. The van der Waals surface area contributed by atoms with Crippen molar-refractivity contribution in [2.75, 3.05) is 12.4 Å². The van der Waals surface area contributed by atoms with Gasteiger partial charge in [0.05, 0.1) is 12.8 Å². The molecule has 24 heavy (non-hydrogen) atoms. The number of hydrogen-bond acceptors (Lipinski definition) is 3. The molecule has 1 amide bonds. The van der Waals surface area contributed by atoms with Crippen LogP contribution in [0.25, 0.3) is 0 Å². The molecule has 0 unspecified atom stereocenters. The zero-order valence-electron chi connectivity index (χ0n) is 12.3. The van der Waals surface area contributed by atoms with Crippen LogP contribution < -0.4 is 10.1 Å². The third kappa shape index (κ3) is 4.63. The predicted molar refractivity (Wildman–Crippen MR) is 99.5 cm³/mol. The predicted octanol–water partition coefficient (Wildman–Crippen LogP) is 5.00. The van der Waals surface area contributed by atoms with Crippen LogP contribution in [-0.4, -0.2) is 22.6 Å². The van der Waals surface area contributed by atoms with Crippen molar-refractivity contribution >= 4 is 68.1 Å². The summed E-state index contributed by atoms with van der Waals surface area (Å²) in [6.45, 7) is 0. The van der Waals surface area contributed by atoms with E-state index in [2.05, 4.69) is 21.2 Å². The lowest BCUT2D eigenvalue weighted by atomic mass is 10.0. The molecule has 0 heterocycles. The first-order valence-corrected chi connectivity index (χ1v) is 8.51. The molecule has 126 valence electrons. The van der Waals surface area contributed by atoms with E-state index in [4.69, 9.17) is 39.5 Å². The number of carbonyl (C=O) groups excluding carboxylic acids is 2. The van der Waals surface area contributed by atoms with Crippen LogP contribution in [-0.2, 0) is 4.79 Å². The number of carbonyl (C=O) groups is 2. The van der Waals surface area contributed by atoms with Crippen LogP contribution in [0.4, 0.5) is 5.69 Å². The van der Waals surface area contributed by atoms with E-state index >= 15 is 0 Å². The van der Waals surface area contributed by atoms with Gasteiger partial charge in [0.25, 0.3) is 9.70 Å². The molecular weight excluding hydrogens is 440 g/mol. The SMILES string of the molecule is COc1cccc(C(=O)c2cc(Br)ccc2NC(=O)C(Cl)(Cl)Cl)c1. The normalized spacial score (nSPS) is 11.0. The second kappa shape index (κ2) is 7.74. The van der Waals surface area contributed by atoms with Gasteiger partial charge in [0.15, 0.2) is 5.78 Å². The van der Waals surface area contributed by atoms with Crippen molar-refractivity contribution < 1.29 is 14.3 Å². The highest BCUT2D eigenvalue weighted by Crippen LogP contribution is 2.30. The van der Waals surface area contributed by atoms with Crippen molar-refractivity contribution in [2.45, 2.75) is 3.79 Å². The number of amides is 1. The number of nitrogens with one attached hydrogen (secondary N) is 1. The summed E-state index contributed by atoms with van der Waals surface area (Å²) >= 11 is 20.0. The number of alkyl halides is 3. The highest BCUT2D eigenvalue weighted by atomic mass is 79.9. The van der Waals surface area contributed by atoms with E-state index in [1.807, 2.05) is 0 Å². The number of ketones is 1. The van der Waals surface area contributed by atoms with Crippen molar-refractivity contribution in [2.24, 2.45) is 0 Å². The summed E-state index contributed by atoms with van der Waals surface area (Å²) in [5.74, 6) is -0.618. The second-order valence-corrected chi connectivity index (χ2v) is 7.90. The Hall–Kier alpha value is -1.27. The number of rotatable bonds is 4.